The van der Waals surface area contributed by atoms with Gasteiger partial charge in [-0.15, -0.1) is 5.10 Å². The van der Waals surface area contributed by atoms with Crippen molar-refractivity contribution in [1.82, 2.24) is 25.6 Å². The number of urea groups is 1. The smallest absolute Gasteiger partial charge is 0.323 e. The fourth-order valence-electron chi connectivity index (χ4n) is 3.13. The van der Waals surface area contributed by atoms with Gasteiger partial charge in [0, 0.05) is 0 Å². The highest BCUT2D eigenvalue weighted by molar-refractivity contribution is 6.10. The van der Waals surface area contributed by atoms with E-state index in [0.29, 0.717) is 30.3 Å². The summed E-state index contributed by atoms with van der Waals surface area (Å²) >= 11 is 0. The number of H-pyrrole nitrogens is 1. The highest BCUT2D eigenvalue weighted by Gasteiger charge is 2.52. The minimum atomic E-state index is -0.826. The Balaban J connectivity index is 1.66. The first-order chi connectivity index (χ1) is 10.9. The quantitative estimate of drug-likeness (QED) is 0.703. The number of imide groups is 1. The molecule has 2 heterocycles. The molecule has 3 rings (SSSR count). The van der Waals surface area contributed by atoms with E-state index in [2.05, 4.69) is 33.0 Å². The number of nitrogens with one attached hydrogen (secondary N) is 3. The van der Waals surface area contributed by atoms with Crippen LogP contribution in [0.5, 0.6) is 0 Å². The molecule has 1 aromatic rings. The molecular weight excluding hydrogens is 300 g/mol. The standard InChI is InChI=1S/C14H20N6O3/c1-8-3-5-14(6-4-8)12(22)20(13(23)16-14)7-10(21)15-11-9(2)17-19-18-11/h8H,3-7H2,1-2H3,(H,16,23)(H2,15,17,18,19,21). The molecule has 1 saturated carbocycles. The predicted octanol–water partition coefficient (Wildman–Crippen LogP) is 0.552. The molecule has 0 radical (unpaired) electrons. The summed E-state index contributed by atoms with van der Waals surface area (Å²) in [6.07, 6.45) is 3.03. The summed E-state index contributed by atoms with van der Waals surface area (Å²) in [7, 11) is 0. The number of amides is 4. The van der Waals surface area contributed by atoms with Gasteiger partial charge in [0.1, 0.15) is 17.8 Å². The van der Waals surface area contributed by atoms with Gasteiger partial charge in [-0.25, -0.2) is 4.79 Å². The van der Waals surface area contributed by atoms with E-state index in [4.69, 9.17) is 0 Å². The zero-order chi connectivity index (χ0) is 16.6. The molecule has 9 nitrogen and oxygen atoms in total. The molecule has 0 bridgehead atoms. The fraction of sp³-hybridized carbons (Fsp3) is 0.643. The van der Waals surface area contributed by atoms with Crippen LogP contribution in [0.4, 0.5) is 10.6 Å². The lowest BCUT2D eigenvalue weighted by molar-refractivity contribution is -0.135. The molecule has 0 atom stereocenters. The molecular formula is C14H20N6O3. The van der Waals surface area contributed by atoms with Gasteiger partial charge in [0.05, 0.1) is 0 Å². The van der Waals surface area contributed by atoms with Crippen LogP contribution in [0.3, 0.4) is 0 Å². The molecule has 1 aromatic heterocycles. The van der Waals surface area contributed by atoms with Crippen molar-refractivity contribution in [3.05, 3.63) is 5.69 Å². The van der Waals surface area contributed by atoms with Gasteiger partial charge in [0.25, 0.3) is 5.91 Å². The second-order valence-corrected chi connectivity index (χ2v) is 6.39. The monoisotopic (exact) mass is 320 g/mol. The van der Waals surface area contributed by atoms with Crippen molar-refractivity contribution in [3.8, 4) is 0 Å². The average Bonchev–Trinajstić information content (AvgIpc) is 3.00. The molecule has 124 valence electrons. The maximum atomic E-state index is 12.6. The van der Waals surface area contributed by atoms with Crippen LogP contribution >= 0.6 is 0 Å². The van der Waals surface area contributed by atoms with Gasteiger partial charge >= 0.3 is 6.03 Å². The number of aromatic nitrogens is 3. The number of aryl methyl sites for hydroxylation is 1. The van der Waals surface area contributed by atoms with E-state index < -0.39 is 17.5 Å². The minimum Gasteiger partial charge on any atom is -0.323 e. The number of rotatable bonds is 3. The molecule has 4 amide bonds. The van der Waals surface area contributed by atoms with Crippen LogP contribution in [0.25, 0.3) is 0 Å². The third-order valence-corrected chi connectivity index (χ3v) is 4.66. The first-order valence-electron chi connectivity index (χ1n) is 7.72. The molecule has 9 heteroatoms. The second-order valence-electron chi connectivity index (χ2n) is 6.39. The van der Waals surface area contributed by atoms with Gasteiger partial charge in [0.2, 0.25) is 5.91 Å². The van der Waals surface area contributed by atoms with Crippen molar-refractivity contribution in [2.24, 2.45) is 5.92 Å². The number of nitrogens with zero attached hydrogens (tertiary/aromatic N) is 3. The lowest BCUT2D eigenvalue weighted by atomic mass is 9.77. The molecule has 23 heavy (non-hydrogen) atoms. The third kappa shape index (κ3) is 2.78. The summed E-state index contributed by atoms with van der Waals surface area (Å²) in [5.41, 5.74) is -0.290. The summed E-state index contributed by atoms with van der Waals surface area (Å²) in [5.74, 6) is 0.0641. The van der Waals surface area contributed by atoms with Gasteiger partial charge in [-0.05, 0) is 38.5 Å². The molecule has 1 spiro atoms. The SMILES string of the molecule is Cc1n[nH]nc1NC(=O)CN1C(=O)NC2(CCC(C)CC2)C1=O. The van der Waals surface area contributed by atoms with Crippen molar-refractivity contribution in [1.29, 1.82) is 0 Å². The first-order valence-corrected chi connectivity index (χ1v) is 7.72. The molecule has 2 aliphatic rings. The Kier molecular flexibility index (Phi) is 3.78. The van der Waals surface area contributed by atoms with E-state index in [9.17, 15) is 14.4 Å². The predicted molar refractivity (Wildman–Crippen MR) is 80.4 cm³/mol. The van der Waals surface area contributed by atoms with Crippen LogP contribution in [-0.2, 0) is 9.59 Å². The Labute approximate surface area is 133 Å². The number of hydrogen-bond acceptors (Lipinski definition) is 5. The maximum absolute atomic E-state index is 12.6. The zero-order valence-corrected chi connectivity index (χ0v) is 13.2. The lowest BCUT2D eigenvalue weighted by Crippen LogP contribution is -2.49. The van der Waals surface area contributed by atoms with Crippen LogP contribution < -0.4 is 10.6 Å². The van der Waals surface area contributed by atoms with Crippen molar-refractivity contribution in [2.75, 3.05) is 11.9 Å². The number of anilines is 1. The largest absolute Gasteiger partial charge is 0.325 e. The van der Waals surface area contributed by atoms with Crippen LogP contribution in [0.15, 0.2) is 0 Å². The number of aromatic amines is 1. The average molecular weight is 320 g/mol. The molecule has 0 aromatic carbocycles. The van der Waals surface area contributed by atoms with E-state index >= 15 is 0 Å². The molecule has 3 N–H and O–H groups in total. The summed E-state index contributed by atoms with van der Waals surface area (Å²) in [4.78, 5) is 37.8. The summed E-state index contributed by atoms with van der Waals surface area (Å²) < 4.78 is 0. The van der Waals surface area contributed by atoms with Gasteiger partial charge in [-0.1, -0.05) is 6.92 Å². The van der Waals surface area contributed by atoms with Crippen LogP contribution in [-0.4, -0.2) is 50.2 Å². The van der Waals surface area contributed by atoms with Crippen LogP contribution in [0.1, 0.15) is 38.3 Å². The Bertz CT molecular complexity index is 647. The van der Waals surface area contributed by atoms with Crippen molar-refractivity contribution in [2.45, 2.75) is 45.1 Å². The van der Waals surface area contributed by atoms with E-state index in [1.807, 2.05) is 0 Å². The Hall–Kier alpha value is -2.45. The second kappa shape index (κ2) is 5.64. The molecule has 0 unspecified atom stereocenters. The highest BCUT2D eigenvalue weighted by atomic mass is 16.2. The molecule has 1 aliphatic carbocycles. The van der Waals surface area contributed by atoms with Gasteiger partial charge in [-0.2, -0.15) is 10.3 Å². The van der Waals surface area contributed by atoms with Crippen molar-refractivity contribution >= 4 is 23.7 Å². The topological polar surface area (TPSA) is 120 Å². The Morgan fingerprint density at radius 3 is 2.65 bits per heavy atom. The minimum absolute atomic E-state index is 0.295. The fourth-order valence-corrected chi connectivity index (χ4v) is 3.13. The van der Waals surface area contributed by atoms with E-state index in [1.165, 1.54) is 0 Å². The zero-order valence-electron chi connectivity index (χ0n) is 13.2. The van der Waals surface area contributed by atoms with Gasteiger partial charge in [-0.3, -0.25) is 14.5 Å². The normalized spacial score (nSPS) is 27.4. The van der Waals surface area contributed by atoms with E-state index in [-0.39, 0.29) is 12.5 Å². The third-order valence-electron chi connectivity index (χ3n) is 4.66. The Morgan fingerprint density at radius 2 is 2.04 bits per heavy atom. The van der Waals surface area contributed by atoms with E-state index in [1.54, 1.807) is 6.92 Å². The number of carbonyl (C=O) groups is 3. The van der Waals surface area contributed by atoms with Crippen LogP contribution in [0.2, 0.25) is 0 Å². The highest BCUT2D eigenvalue weighted by Crippen LogP contribution is 2.36. The number of hydrogen-bond donors (Lipinski definition) is 3. The lowest BCUT2D eigenvalue weighted by Gasteiger charge is -2.33. The number of carbonyl (C=O) groups excluding carboxylic acids is 3. The summed E-state index contributed by atoms with van der Waals surface area (Å²) in [6.45, 7) is 3.50. The van der Waals surface area contributed by atoms with Crippen LogP contribution in [0, 0.1) is 12.8 Å². The van der Waals surface area contributed by atoms with E-state index in [0.717, 1.165) is 17.7 Å². The maximum Gasteiger partial charge on any atom is 0.325 e. The molecule has 2 fully saturated rings. The van der Waals surface area contributed by atoms with Crippen molar-refractivity contribution < 1.29 is 14.4 Å². The molecule has 1 saturated heterocycles. The Morgan fingerprint density at radius 1 is 1.35 bits per heavy atom. The summed E-state index contributed by atoms with van der Waals surface area (Å²) in [5, 5.41) is 15.3. The first kappa shape index (κ1) is 15.4. The summed E-state index contributed by atoms with van der Waals surface area (Å²) in [6, 6.07) is -0.503. The van der Waals surface area contributed by atoms with Crippen molar-refractivity contribution in [3.63, 3.8) is 0 Å². The molecule has 1 aliphatic heterocycles. The van der Waals surface area contributed by atoms with Gasteiger partial charge in [0.15, 0.2) is 5.82 Å². The van der Waals surface area contributed by atoms with Gasteiger partial charge < -0.3 is 10.6 Å².